The molecular weight excluding hydrogens is 234 g/mol. The van der Waals surface area contributed by atoms with Gasteiger partial charge in [-0.3, -0.25) is 0 Å². The lowest BCUT2D eigenvalue weighted by Gasteiger charge is -2.21. The summed E-state index contributed by atoms with van der Waals surface area (Å²) in [5, 5.41) is 3.54. The molecule has 0 unspecified atom stereocenters. The minimum atomic E-state index is 0.192. The fraction of sp³-hybridized carbons (Fsp3) is 0.647. The van der Waals surface area contributed by atoms with E-state index in [-0.39, 0.29) is 5.54 Å². The first-order valence-corrected chi connectivity index (χ1v) is 7.44. The molecule has 1 aliphatic carbocycles. The SMILES string of the molecule is CC(C)(C)NCCc1ccccc1COCC1CC1. The molecule has 0 bridgehead atoms. The Morgan fingerprint density at radius 1 is 1.16 bits per heavy atom. The summed E-state index contributed by atoms with van der Waals surface area (Å²) in [4.78, 5) is 0. The van der Waals surface area contributed by atoms with Crippen LogP contribution in [0.15, 0.2) is 24.3 Å². The summed E-state index contributed by atoms with van der Waals surface area (Å²) in [5.74, 6) is 0.842. The first-order chi connectivity index (χ1) is 9.04. The van der Waals surface area contributed by atoms with Gasteiger partial charge in [0.25, 0.3) is 0 Å². The molecule has 2 nitrogen and oxygen atoms in total. The number of benzene rings is 1. The van der Waals surface area contributed by atoms with Crippen molar-refractivity contribution < 1.29 is 4.74 Å². The molecule has 2 rings (SSSR count). The molecule has 1 N–H and O–H groups in total. The van der Waals surface area contributed by atoms with Crippen LogP contribution < -0.4 is 5.32 Å². The van der Waals surface area contributed by atoms with Crippen molar-refractivity contribution in [3.63, 3.8) is 0 Å². The van der Waals surface area contributed by atoms with Crippen LogP contribution in [0.2, 0.25) is 0 Å². The van der Waals surface area contributed by atoms with Crippen molar-refractivity contribution in [2.75, 3.05) is 13.2 Å². The third kappa shape index (κ3) is 5.75. The molecule has 0 aliphatic heterocycles. The zero-order valence-corrected chi connectivity index (χ0v) is 12.5. The van der Waals surface area contributed by atoms with Crippen LogP contribution in [0.4, 0.5) is 0 Å². The summed E-state index contributed by atoms with van der Waals surface area (Å²) in [5.41, 5.74) is 2.95. The standard InChI is InChI=1S/C17H27NO/c1-17(2,3)18-11-10-15-6-4-5-7-16(15)13-19-12-14-8-9-14/h4-7,14,18H,8-13H2,1-3H3. The van der Waals surface area contributed by atoms with Gasteiger partial charge in [-0.2, -0.15) is 0 Å². The highest BCUT2D eigenvalue weighted by Gasteiger charge is 2.21. The summed E-state index contributed by atoms with van der Waals surface area (Å²) < 4.78 is 5.81. The lowest BCUT2D eigenvalue weighted by atomic mass is 10.0. The van der Waals surface area contributed by atoms with Crippen LogP contribution >= 0.6 is 0 Å². The fourth-order valence-electron chi connectivity index (χ4n) is 2.13. The molecule has 0 radical (unpaired) electrons. The zero-order chi connectivity index (χ0) is 13.7. The summed E-state index contributed by atoms with van der Waals surface area (Å²) in [7, 11) is 0. The molecule has 0 saturated heterocycles. The van der Waals surface area contributed by atoms with Crippen molar-refractivity contribution >= 4 is 0 Å². The van der Waals surface area contributed by atoms with Gasteiger partial charge in [-0.25, -0.2) is 0 Å². The summed E-state index contributed by atoms with van der Waals surface area (Å²) in [6, 6.07) is 8.65. The molecule has 1 aromatic carbocycles. The zero-order valence-electron chi connectivity index (χ0n) is 12.5. The van der Waals surface area contributed by atoms with Gasteiger partial charge in [-0.1, -0.05) is 24.3 Å². The molecule has 19 heavy (non-hydrogen) atoms. The predicted octanol–water partition coefficient (Wildman–Crippen LogP) is 3.54. The average molecular weight is 261 g/mol. The third-order valence-corrected chi connectivity index (χ3v) is 3.48. The van der Waals surface area contributed by atoms with Gasteiger partial charge in [0.2, 0.25) is 0 Å². The smallest absolute Gasteiger partial charge is 0.0719 e. The molecule has 0 amide bonds. The number of hydrogen-bond acceptors (Lipinski definition) is 2. The van der Waals surface area contributed by atoms with E-state index >= 15 is 0 Å². The highest BCUT2D eigenvalue weighted by atomic mass is 16.5. The monoisotopic (exact) mass is 261 g/mol. The molecule has 1 aromatic rings. The summed E-state index contributed by atoms with van der Waals surface area (Å²) in [6.07, 6.45) is 3.79. The van der Waals surface area contributed by atoms with E-state index in [1.54, 1.807) is 0 Å². The number of ether oxygens (including phenoxy) is 1. The lowest BCUT2D eigenvalue weighted by molar-refractivity contribution is 0.110. The second kappa shape index (κ2) is 6.53. The Balaban J connectivity index is 1.80. The van der Waals surface area contributed by atoms with Gasteiger partial charge in [0, 0.05) is 12.1 Å². The maximum absolute atomic E-state index is 5.81. The predicted molar refractivity (Wildman–Crippen MR) is 80.3 cm³/mol. The molecule has 2 heteroatoms. The Labute approximate surface area is 117 Å². The van der Waals surface area contributed by atoms with Crippen LogP contribution in [0, 0.1) is 5.92 Å². The highest BCUT2D eigenvalue weighted by molar-refractivity contribution is 5.26. The van der Waals surface area contributed by atoms with Crippen molar-refractivity contribution in [3.05, 3.63) is 35.4 Å². The van der Waals surface area contributed by atoms with E-state index in [0.29, 0.717) is 0 Å². The van der Waals surface area contributed by atoms with E-state index in [2.05, 4.69) is 50.4 Å². The van der Waals surface area contributed by atoms with E-state index in [1.165, 1.54) is 24.0 Å². The van der Waals surface area contributed by atoms with E-state index < -0.39 is 0 Å². The first kappa shape index (κ1) is 14.5. The van der Waals surface area contributed by atoms with Crippen LogP contribution in [0.25, 0.3) is 0 Å². The second-order valence-corrected chi connectivity index (χ2v) is 6.65. The Kier molecular flexibility index (Phi) is 5.00. The highest BCUT2D eigenvalue weighted by Crippen LogP contribution is 2.29. The molecule has 0 atom stereocenters. The van der Waals surface area contributed by atoms with E-state index in [1.807, 2.05) is 0 Å². The van der Waals surface area contributed by atoms with Gasteiger partial charge in [-0.05, 0) is 63.6 Å². The van der Waals surface area contributed by atoms with Gasteiger partial charge in [0.15, 0.2) is 0 Å². The van der Waals surface area contributed by atoms with Crippen molar-refractivity contribution in [2.45, 2.75) is 52.2 Å². The Morgan fingerprint density at radius 3 is 2.47 bits per heavy atom. The topological polar surface area (TPSA) is 21.3 Å². The van der Waals surface area contributed by atoms with Gasteiger partial charge >= 0.3 is 0 Å². The maximum Gasteiger partial charge on any atom is 0.0719 e. The third-order valence-electron chi connectivity index (χ3n) is 3.48. The molecule has 1 aliphatic rings. The number of hydrogen-bond donors (Lipinski definition) is 1. The second-order valence-electron chi connectivity index (χ2n) is 6.65. The Hall–Kier alpha value is -0.860. The molecular formula is C17H27NO. The van der Waals surface area contributed by atoms with Gasteiger partial charge in [0.05, 0.1) is 6.61 Å². The molecule has 1 saturated carbocycles. The van der Waals surface area contributed by atoms with Crippen LogP contribution in [-0.2, 0) is 17.8 Å². The van der Waals surface area contributed by atoms with Gasteiger partial charge in [-0.15, -0.1) is 0 Å². The van der Waals surface area contributed by atoms with Gasteiger partial charge in [0.1, 0.15) is 0 Å². The van der Waals surface area contributed by atoms with Crippen molar-refractivity contribution in [1.82, 2.24) is 5.32 Å². The summed E-state index contributed by atoms with van der Waals surface area (Å²) in [6.45, 7) is 9.34. The fourth-order valence-corrected chi connectivity index (χ4v) is 2.13. The quantitative estimate of drug-likeness (QED) is 0.810. The minimum absolute atomic E-state index is 0.192. The first-order valence-electron chi connectivity index (χ1n) is 7.44. The van der Waals surface area contributed by atoms with Crippen LogP contribution in [-0.4, -0.2) is 18.7 Å². The van der Waals surface area contributed by atoms with Gasteiger partial charge < -0.3 is 10.1 Å². The molecule has 1 fully saturated rings. The van der Waals surface area contributed by atoms with Crippen molar-refractivity contribution in [2.24, 2.45) is 5.92 Å². The Morgan fingerprint density at radius 2 is 1.84 bits per heavy atom. The van der Waals surface area contributed by atoms with Crippen molar-refractivity contribution in [1.29, 1.82) is 0 Å². The van der Waals surface area contributed by atoms with E-state index in [0.717, 1.165) is 32.1 Å². The van der Waals surface area contributed by atoms with E-state index in [4.69, 9.17) is 4.74 Å². The van der Waals surface area contributed by atoms with Crippen LogP contribution in [0.3, 0.4) is 0 Å². The van der Waals surface area contributed by atoms with Crippen LogP contribution in [0.1, 0.15) is 44.7 Å². The molecule has 0 spiro atoms. The Bertz CT molecular complexity index is 390. The number of nitrogens with one attached hydrogen (secondary N) is 1. The minimum Gasteiger partial charge on any atom is -0.376 e. The maximum atomic E-state index is 5.81. The van der Waals surface area contributed by atoms with Crippen LogP contribution in [0.5, 0.6) is 0 Å². The normalized spacial score (nSPS) is 15.7. The van der Waals surface area contributed by atoms with E-state index in [9.17, 15) is 0 Å². The molecule has 0 aromatic heterocycles. The lowest BCUT2D eigenvalue weighted by Crippen LogP contribution is -2.37. The average Bonchev–Trinajstić information content (AvgIpc) is 3.13. The number of rotatable bonds is 7. The summed E-state index contributed by atoms with van der Waals surface area (Å²) >= 11 is 0. The van der Waals surface area contributed by atoms with Crippen molar-refractivity contribution in [3.8, 4) is 0 Å². The molecule has 0 heterocycles. The molecule has 106 valence electrons. The largest absolute Gasteiger partial charge is 0.376 e.